The second-order valence-electron chi connectivity index (χ2n) is 5.14. The van der Waals surface area contributed by atoms with Gasteiger partial charge in [-0.25, -0.2) is 9.59 Å². The number of terminal acetylenes is 1. The van der Waals surface area contributed by atoms with Gasteiger partial charge in [-0.2, -0.15) is 0 Å². The number of carbonyl (C=O) groups is 2. The molecule has 0 unspecified atom stereocenters. The van der Waals surface area contributed by atoms with E-state index in [2.05, 4.69) is 11.2 Å². The Balaban J connectivity index is 1.91. The van der Waals surface area contributed by atoms with Gasteiger partial charge in [-0.1, -0.05) is 48.4 Å². The van der Waals surface area contributed by atoms with Crippen molar-refractivity contribution in [2.24, 2.45) is 0 Å². The first-order valence-electron chi connectivity index (χ1n) is 7.34. The fourth-order valence-corrected chi connectivity index (χ4v) is 2.08. The van der Waals surface area contributed by atoms with Gasteiger partial charge in [0, 0.05) is 12.0 Å². The number of ether oxygens (including phenoxy) is 1. The van der Waals surface area contributed by atoms with Crippen molar-refractivity contribution in [3.05, 3.63) is 71.3 Å². The summed E-state index contributed by atoms with van der Waals surface area (Å²) in [7, 11) is 0. The minimum atomic E-state index is -1.13. The molecule has 0 radical (unpaired) electrons. The van der Waals surface area contributed by atoms with Crippen LogP contribution in [0.5, 0.6) is 0 Å². The van der Waals surface area contributed by atoms with Gasteiger partial charge < -0.3 is 15.2 Å². The smallest absolute Gasteiger partial charge is 0.408 e. The van der Waals surface area contributed by atoms with Gasteiger partial charge >= 0.3 is 12.1 Å². The lowest BCUT2D eigenvalue weighted by Crippen LogP contribution is -2.42. The Morgan fingerprint density at radius 1 is 1.08 bits per heavy atom. The Kier molecular flexibility index (Phi) is 5.98. The zero-order chi connectivity index (χ0) is 17.4. The zero-order valence-electron chi connectivity index (χ0n) is 12.9. The zero-order valence-corrected chi connectivity index (χ0v) is 12.9. The lowest BCUT2D eigenvalue weighted by Gasteiger charge is -2.15. The first kappa shape index (κ1) is 17.1. The molecule has 5 heteroatoms. The lowest BCUT2D eigenvalue weighted by atomic mass is 10.0. The number of alkyl carbamates (subject to hydrolysis) is 1. The van der Waals surface area contributed by atoms with Gasteiger partial charge in [0.05, 0.1) is 0 Å². The van der Waals surface area contributed by atoms with Crippen LogP contribution < -0.4 is 5.32 Å². The SMILES string of the molecule is C#Cc1ccc(C[C@H](NC(=O)OCc2ccccc2)C(=O)O)cc1. The average molecular weight is 323 g/mol. The molecule has 0 spiro atoms. The maximum Gasteiger partial charge on any atom is 0.408 e. The maximum atomic E-state index is 11.8. The van der Waals surface area contributed by atoms with Gasteiger partial charge in [-0.15, -0.1) is 6.42 Å². The van der Waals surface area contributed by atoms with Crippen LogP contribution in [0, 0.1) is 12.3 Å². The van der Waals surface area contributed by atoms with Crippen LogP contribution in [0.15, 0.2) is 54.6 Å². The van der Waals surface area contributed by atoms with E-state index in [1.165, 1.54) is 0 Å². The van der Waals surface area contributed by atoms with Gasteiger partial charge in [0.15, 0.2) is 0 Å². The third-order valence-corrected chi connectivity index (χ3v) is 3.36. The Hall–Kier alpha value is -3.26. The molecule has 0 fully saturated rings. The lowest BCUT2D eigenvalue weighted by molar-refractivity contribution is -0.139. The van der Waals surface area contributed by atoms with Gasteiger partial charge in [0.1, 0.15) is 12.6 Å². The molecular formula is C19H17NO4. The molecule has 2 rings (SSSR count). The topological polar surface area (TPSA) is 75.6 Å². The molecule has 0 saturated carbocycles. The van der Waals surface area contributed by atoms with Crippen LogP contribution in [-0.4, -0.2) is 23.2 Å². The largest absolute Gasteiger partial charge is 0.480 e. The highest BCUT2D eigenvalue weighted by molar-refractivity contribution is 5.80. The molecule has 1 atom stereocenters. The summed E-state index contributed by atoms with van der Waals surface area (Å²) in [5, 5.41) is 11.6. The molecular weight excluding hydrogens is 306 g/mol. The van der Waals surface area contributed by atoms with Crippen LogP contribution >= 0.6 is 0 Å². The third-order valence-electron chi connectivity index (χ3n) is 3.36. The number of aliphatic carboxylic acids is 1. The van der Waals surface area contributed by atoms with E-state index >= 15 is 0 Å². The molecule has 2 aromatic rings. The number of carboxylic acid groups (broad SMARTS) is 1. The number of nitrogens with one attached hydrogen (secondary N) is 1. The number of carbonyl (C=O) groups excluding carboxylic acids is 1. The van der Waals surface area contributed by atoms with Gasteiger partial charge in [-0.3, -0.25) is 0 Å². The second-order valence-corrected chi connectivity index (χ2v) is 5.14. The highest BCUT2D eigenvalue weighted by Crippen LogP contribution is 2.07. The van der Waals surface area contributed by atoms with Crippen molar-refractivity contribution in [3.63, 3.8) is 0 Å². The molecule has 0 aliphatic heterocycles. The van der Waals surface area contributed by atoms with Crippen molar-refractivity contribution in [1.29, 1.82) is 0 Å². The summed E-state index contributed by atoms with van der Waals surface area (Å²) in [6.07, 6.45) is 4.65. The van der Waals surface area contributed by atoms with Gasteiger partial charge in [-0.05, 0) is 23.3 Å². The van der Waals surface area contributed by atoms with E-state index in [9.17, 15) is 14.7 Å². The van der Waals surface area contributed by atoms with Crippen molar-refractivity contribution in [2.45, 2.75) is 19.1 Å². The van der Waals surface area contributed by atoms with Crippen molar-refractivity contribution in [2.75, 3.05) is 0 Å². The van der Waals surface area contributed by atoms with Crippen molar-refractivity contribution in [3.8, 4) is 12.3 Å². The number of rotatable bonds is 6. The normalized spacial score (nSPS) is 11.1. The number of hydrogen-bond acceptors (Lipinski definition) is 3. The fraction of sp³-hybridized carbons (Fsp3) is 0.158. The van der Waals surface area contributed by atoms with E-state index in [0.717, 1.165) is 11.1 Å². The molecule has 0 saturated heterocycles. The summed E-state index contributed by atoms with van der Waals surface area (Å²) >= 11 is 0. The first-order chi connectivity index (χ1) is 11.6. The van der Waals surface area contributed by atoms with Crippen LogP contribution in [0.2, 0.25) is 0 Å². The van der Waals surface area contributed by atoms with Crippen LogP contribution in [0.1, 0.15) is 16.7 Å². The Morgan fingerprint density at radius 2 is 1.75 bits per heavy atom. The number of amides is 1. The molecule has 5 nitrogen and oxygen atoms in total. The highest BCUT2D eigenvalue weighted by atomic mass is 16.5. The molecule has 2 aromatic carbocycles. The summed E-state index contributed by atoms with van der Waals surface area (Å²) in [5.74, 6) is 1.36. The second kappa shape index (κ2) is 8.39. The molecule has 0 bridgehead atoms. The van der Waals surface area contributed by atoms with Gasteiger partial charge in [0.25, 0.3) is 0 Å². The van der Waals surface area contributed by atoms with E-state index in [1.807, 2.05) is 30.3 Å². The minimum Gasteiger partial charge on any atom is -0.480 e. The molecule has 0 aliphatic rings. The van der Waals surface area contributed by atoms with E-state index in [4.69, 9.17) is 11.2 Å². The molecule has 24 heavy (non-hydrogen) atoms. The van der Waals surface area contributed by atoms with Crippen LogP contribution in [0.3, 0.4) is 0 Å². The molecule has 0 aromatic heterocycles. The molecule has 2 N–H and O–H groups in total. The predicted molar refractivity (Wildman–Crippen MR) is 89.3 cm³/mol. The minimum absolute atomic E-state index is 0.0792. The standard InChI is InChI=1S/C19H17NO4/c1-2-14-8-10-15(11-9-14)12-17(18(21)22)20-19(23)24-13-16-6-4-3-5-7-16/h1,3-11,17H,12-13H2,(H,20,23)(H,21,22)/t17-/m0/s1. The third kappa shape index (κ3) is 5.18. The average Bonchev–Trinajstić information content (AvgIpc) is 2.61. The number of hydrogen-bond donors (Lipinski definition) is 2. The van der Waals surface area contributed by atoms with Crippen molar-refractivity contribution >= 4 is 12.1 Å². The molecule has 1 amide bonds. The summed E-state index contributed by atoms with van der Waals surface area (Å²) < 4.78 is 5.04. The summed E-state index contributed by atoms with van der Waals surface area (Å²) in [5.41, 5.74) is 2.29. The van der Waals surface area contributed by atoms with E-state index in [0.29, 0.717) is 5.56 Å². The van der Waals surface area contributed by atoms with Crippen LogP contribution in [0.4, 0.5) is 4.79 Å². The molecule has 0 heterocycles. The Morgan fingerprint density at radius 3 is 2.33 bits per heavy atom. The quantitative estimate of drug-likeness (QED) is 0.801. The molecule has 122 valence electrons. The fourth-order valence-electron chi connectivity index (χ4n) is 2.08. The number of benzene rings is 2. The van der Waals surface area contributed by atoms with Crippen molar-refractivity contribution < 1.29 is 19.4 Å². The van der Waals surface area contributed by atoms with Crippen LogP contribution in [-0.2, 0) is 22.6 Å². The summed E-state index contributed by atoms with van der Waals surface area (Å²) in [6.45, 7) is 0.0792. The first-order valence-corrected chi connectivity index (χ1v) is 7.34. The Labute approximate surface area is 140 Å². The van der Waals surface area contributed by atoms with Crippen molar-refractivity contribution in [1.82, 2.24) is 5.32 Å². The molecule has 0 aliphatic carbocycles. The maximum absolute atomic E-state index is 11.8. The Bertz CT molecular complexity index is 732. The summed E-state index contributed by atoms with van der Waals surface area (Å²) in [6, 6.07) is 15.0. The summed E-state index contributed by atoms with van der Waals surface area (Å²) in [4.78, 5) is 23.1. The van der Waals surface area contributed by atoms with Gasteiger partial charge in [0.2, 0.25) is 0 Å². The van der Waals surface area contributed by atoms with E-state index in [1.54, 1.807) is 24.3 Å². The highest BCUT2D eigenvalue weighted by Gasteiger charge is 2.21. The monoisotopic (exact) mass is 323 g/mol. The predicted octanol–water partition coefficient (Wildman–Crippen LogP) is 2.59. The van der Waals surface area contributed by atoms with Crippen LogP contribution in [0.25, 0.3) is 0 Å². The number of carboxylic acids is 1. The van der Waals surface area contributed by atoms with E-state index in [-0.39, 0.29) is 13.0 Å². The van der Waals surface area contributed by atoms with E-state index < -0.39 is 18.1 Å².